The molecule has 6 heteroatoms. The second kappa shape index (κ2) is 6.84. The van der Waals surface area contributed by atoms with Crippen molar-refractivity contribution in [1.82, 2.24) is 19.6 Å². The molecule has 1 amide bonds. The lowest BCUT2D eigenvalue weighted by atomic mass is 10.1. The molecule has 0 fully saturated rings. The molecule has 0 bridgehead atoms. The number of aromatic nitrogens is 2. The number of carbonyl (C=O) groups is 1. The molecule has 0 saturated carbocycles. The molecule has 1 aromatic heterocycles. The Morgan fingerprint density at radius 1 is 1.36 bits per heavy atom. The highest BCUT2D eigenvalue weighted by Crippen LogP contribution is 2.38. The lowest BCUT2D eigenvalue weighted by molar-refractivity contribution is -0.132. The van der Waals surface area contributed by atoms with Gasteiger partial charge in [-0.15, -0.1) is 11.8 Å². The summed E-state index contributed by atoms with van der Waals surface area (Å²) < 4.78 is 2.07. The Labute approximate surface area is 153 Å². The molecule has 0 saturated heterocycles. The molecular formula is C19H24N4OS. The van der Waals surface area contributed by atoms with Gasteiger partial charge in [0.1, 0.15) is 0 Å². The van der Waals surface area contributed by atoms with Gasteiger partial charge in [-0.1, -0.05) is 25.1 Å². The molecule has 0 aliphatic carbocycles. The molecule has 0 N–H and O–H groups in total. The van der Waals surface area contributed by atoms with E-state index < -0.39 is 0 Å². The molecule has 2 aliphatic rings. The van der Waals surface area contributed by atoms with E-state index in [0.717, 1.165) is 44.0 Å². The largest absolute Gasteiger partial charge is 0.334 e. The Morgan fingerprint density at radius 3 is 3.00 bits per heavy atom. The molecule has 0 unspecified atom stereocenters. The highest BCUT2D eigenvalue weighted by molar-refractivity contribution is 8.01. The smallest absolute Gasteiger partial charge is 0.236 e. The van der Waals surface area contributed by atoms with E-state index in [1.807, 2.05) is 11.0 Å². The second-order valence-corrected chi connectivity index (χ2v) is 8.10. The summed E-state index contributed by atoms with van der Waals surface area (Å²) in [5.41, 5.74) is 3.55. The topological polar surface area (TPSA) is 41.4 Å². The number of carbonyl (C=O) groups excluding carboxylic acids is 1. The molecule has 25 heavy (non-hydrogen) atoms. The van der Waals surface area contributed by atoms with Gasteiger partial charge in [0.05, 0.1) is 29.7 Å². The van der Waals surface area contributed by atoms with Crippen LogP contribution in [0.1, 0.15) is 23.9 Å². The van der Waals surface area contributed by atoms with Crippen LogP contribution in [-0.2, 0) is 30.8 Å². The fraction of sp³-hybridized carbons (Fsp3) is 0.474. The van der Waals surface area contributed by atoms with Gasteiger partial charge in [-0.3, -0.25) is 9.48 Å². The molecule has 3 heterocycles. The first-order valence-electron chi connectivity index (χ1n) is 8.91. The average molecular weight is 356 g/mol. The molecule has 132 valence electrons. The third-order valence-electron chi connectivity index (χ3n) is 5.05. The summed E-state index contributed by atoms with van der Waals surface area (Å²) in [6.45, 7) is 6.23. The first-order valence-corrected chi connectivity index (χ1v) is 9.79. The van der Waals surface area contributed by atoms with Crippen LogP contribution < -0.4 is 0 Å². The fourth-order valence-electron chi connectivity index (χ4n) is 3.50. The van der Waals surface area contributed by atoms with Crippen LogP contribution in [-0.4, -0.2) is 50.9 Å². The predicted molar refractivity (Wildman–Crippen MR) is 99.4 cm³/mol. The van der Waals surface area contributed by atoms with Gasteiger partial charge in [0.25, 0.3) is 0 Å². The average Bonchev–Trinajstić information content (AvgIpc) is 3.23. The summed E-state index contributed by atoms with van der Waals surface area (Å²) in [6, 6.07) is 10.5. The Bertz CT molecular complexity index is 762. The number of hydrogen-bond acceptors (Lipinski definition) is 4. The summed E-state index contributed by atoms with van der Waals surface area (Å²) in [5.74, 6) is 0.265. The molecule has 0 radical (unpaired) electrons. The molecule has 4 rings (SSSR count). The van der Waals surface area contributed by atoms with E-state index in [4.69, 9.17) is 5.10 Å². The van der Waals surface area contributed by atoms with Gasteiger partial charge in [-0.25, -0.2) is 0 Å². The normalized spacial score (nSPS) is 19.2. The van der Waals surface area contributed by atoms with Crippen LogP contribution in [0.5, 0.6) is 0 Å². The van der Waals surface area contributed by atoms with Crippen molar-refractivity contribution < 1.29 is 4.79 Å². The van der Waals surface area contributed by atoms with Gasteiger partial charge in [-0.05, 0) is 37.7 Å². The van der Waals surface area contributed by atoms with E-state index >= 15 is 0 Å². The van der Waals surface area contributed by atoms with Crippen molar-refractivity contribution in [2.24, 2.45) is 0 Å². The van der Waals surface area contributed by atoms with Gasteiger partial charge < -0.3 is 9.80 Å². The summed E-state index contributed by atoms with van der Waals surface area (Å²) in [4.78, 5) is 18.5. The number of hydrogen-bond donors (Lipinski definition) is 0. The minimum Gasteiger partial charge on any atom is -0.334 e. The van der Waals surface area contributed by atoms with Crippen molar-refractivity contribution in [3.05, 3.63) is 47.3 Å². The second-order valence-electron chi connectivity index (χ2n) is 6.86. The minimum atomic E-state index is 0.0255. The fourth-order valence-corrected chi connectivity index (χ4v) is 4.78. The summed E-state index contributed by atoms with van der Waals surface area (Å²) in [5, 5.41) is 4.72. The minimum absolute atomic E-state index is 0.0255. The lowest BCUT2D eigenvalue weighted by Crippen LogP contribution is -2.42. The quantitative estimate of drug-likeness (QED) is 0.844. The molecule has 1 atom stereocenters. The van der Waals surface area contributed by atoms with E-state index in [9.17, 15) is 4.79 Å². The van der Waals surface area contributed by atoms with Crippen LogP contribution in [0, 0.1) is 0 Å². The highest BCUT2D eigenvalue weighted by atomic mass is 32.2. The van der Waals surface area contributed by atoms with Crippen LogP contribution in [0.2, 0.25) is 0 Å². The van der Waals surface area contributed by atoms with Crippen molar-refractivity contribution >= 4 is 17.7 Å². The SMILES string of the molecule is CCN(C)Cc1cc2n(n1)CCN(C(=O)[C@H]1Cc3ccccc3S1)C2. The van der Waals surface area contributed by atoms with E-state index in [2.05, 4.69) is 47.8 Å². The Morgan fingerprint density at radius 2 is 2.20 bits per heavy atom. The Kier molecular flexibility index (Phi) is 4.56. The monoisotopic (exact) mass is 356 g/mol. The van der Waals surface area contributed by atoms with Crippen LogP contribution in [0.4, 0.5) is 0 Å². The van der Waals surface area contributed by atoms with Crippen molar-refractivity contribution in [2.45, 2.75) is 43.1 Å². The Balaban J connectivity index is 1.43. The summed E-state index contributed by atoms with van der Waals surface area (Å²) in [7, 11) is 2.10. The molecule has 1 aromatic carbocycles. The van der Waals surface area contributed by atoms with Gasteiger partial charge in [0.15, 0.2) is 0 Å². The zero-order valence-electron chi connectivity index (χ0n) is 14.8. The molecular weight excluding hydrogens is 332 g/mol. The summed E-state index contributed by atoms with van der Waals surface area (Å²) in [6.07, 6.45) is 0.849. The number of nitrogens with zero attached hydrogens (tertiary/aromatic N) is 4. The maximum Gasteiger partial charge on any atom is 0.236 e. The lowest BCUT2D eigenvalue weighted by Gasteiger charge is -2.29. The van der Waals surface area contributed by atoms with Crippen molar-refractivity contribution in [3.8, 4) is 0 Å². The number of benzene rings is 1. The molecule has 0 spiro atoms. The molecule has 2 aromatic rings. The third-order valence-corrected chi connectivity index (χ3v) is 6.36. The number of amides is 1. The van der Waals surface area contributed by atoms with Crippen LogP contribution >= 0.6 is 11.8 Å². The van der Waals surface area contributed by atoms with Gasteiger partial charge in [0.2, 0.25) is 5.91 Å². The van der Waals surface area contributed by atoms with Crippen molar-refractivity contribution in [1.29, 1.82) is 0 Å². The van der Waals surface area contributed by atoms with E-state index in [1.165, 1.54) is 10.5 Å². The van der Waals surface area contributed by atoms with E-state index in [-0.39, 0.29) is 11.2 Å². The first-order chi connectivity index (χ1) is 12.1. The van der Waals surface area contributed by atoms with Gasteiger partial charge in [-0.2, -0.15) is 5.10 Å². The predicted octanol–water partition coefficient (Wildman–Crippen LogP) is 2.39. The van der Waals surface area contributed by atoms with Gasteiger partial charge >= 0.3 is 0 Å². The maximum absolute atomic E-state index is 13.0. The van der Waals surface area contributed by atoms with Crippen molar-refractivity contribution in [2.75, 3.05) is 20.1 Å². The van der Waals surface area contributed by atoms with E-state index in [0.29, 0.717) is 6.54 Å². The molecule has 5 nitrogen and oxygen atoms in total. The molecule has 2 aliphatic heterocycles. The summed E-state index contributed by atoms with van der Waals surface area (Å²) >= 11 is 1.72. The highest BCUT2D eigenvalue weighted by Gasteiger charge is 2.33. The number of thioether (sulfide) groups is 1. The Hall–Kier alpha value is -1.79. The van der Waals surface area contributed by atoms with Crippen LogP contribution in [0.15, 0.2) is 35.2 Å². The zero-order valence-corrected chi connectivity index (χ0v) is 15.6. The first kappa shape index (κ1) is 16.7. The van der Waals surface area contributed by atoms with E-state index in [1.54, 1.807) is 11.8 Å². The standard InChI is InChI=1S/C19H24N4OS/c1-3-21(2)12-15-11-16-13-22(8-9-23(16)20-15)19(24)18-10-14-6-4-5-7-17(14)25-18/h4-7,11,18H,3,8-10,12-13H2,1-2H3/t18-/m1/s1. The zero-order chi connectivity index (χ0) is 17.4. The third kappa shape index (κ3) is 3.33. The van der Waals surface area contributed by atoms with Crippen LogP contribution in [0.3, 0.4) is 0 Å². The maximum atomic E-state index is 13.0. The van der Waals surface area contributed by atoms with Crippen LogP contribution in [0.25, 0.3) is 0 Å². The number of fused-ring (bicyclic) bond motifs is 2. The van der Waals surface area contributed by atoms with Crippen molar-refractivity contribution in [3.63, 3.8) is 0 Å². The van der Waals surface area contributed by atoms with Gasteiger partial charge in [0, 0.05) is 18.0 Å². The number of rotatable bonds is 4.